The Kier molecular flexibility index (Phi) is 3.97. The molecule has 0 unspecified atom stereocenters. The molecule has 2 aromatic carbocycles. The van der Waals surface area contributed by atoms with Crippen LogP contribution >= 0.6 is 11.3 Å². The molecule has 1 aliphatic rings. The molecule has 0 bridgehead atoms. The number of anilines is 2. The van der Waals surface area contributed by atoms with E-state index in [4.69, 9.17) is 0 Å². The third kappa shape index (κ3) is 2.52. The second-order valence-corrected chi connectivity index (χ2v) is 12.3. The van der Waals surface area contributed by atoms with Gasteiger partial charge < -0.3 is 10.6 Å². The molecule has 3 aromatic rings. The van der Waals surface area contributed by atoms with Gasteiger partial charge in [-0.15, -0.1) is 0 Å². The summed E-state index contributed by atoms with van der Waals surface area (Å²) in [6, 6.07) is 16.2. The van der Waals surface area contributed by atoms with Crippen LogP contribution in [0.15, 0.2) is 53.2 Å². The topological polar surface area (TPSA) is 24.1 Å². The van der Waals surface area contributed by atoms with Crippen molar-refractivity contribution in [1.82, 2.24) is 0 Å². The van der Waals surface area contributed by atoms with Crippen molar-refractivity contribution in [3.63, 3.8) is 0 Å². The lowest BCUT2D eigenvalue weighted by molar-refractivity contribution is 0.991. The fraction of sp³-hybridized carbons (Fsp3) is 0.238. The average Bonchev–Trinajstić information content (AvgIpc) is 3.16. The maximum atomic E-state index is 3.32. The zero-order chi connectivity index (χ0) is 17.6. The molecule has 0 saturated heterocycles. The van der Waals surface area contributed by atoms with Gasteiger partial charge in [0, 0.05) is 31.4 Å². The monoisotopic (exact) mass is 364 g/mol. The highest BCUT2D eigenvalue weighted by Gasteiger charge is 2.39. The molecule has 4 heteroatoms. The number of hydrogen-bond acceptors (Lipinski definition) is 3. The molecule has 0 atom stereocenters. The summed E-state index contributed by atoms with van der Waals surface area (Å²) in [5.74, 6) is 0.341. The summed E-state index contributed by atoms with van der Waals surface area (Å²) in [6.07, 6.45) is 0. The largest absolute Gasteiger partial charge is 0.388 e. The number of benzene rings is 2. The van der Waals surface area contributed by atoms with Crippen LogP contribution < -0.4 is 21.0 Å². The highest BCUT2D eigenvalue weighted by molar-refractivity contribution is 7.08. The minimum atomic E-state index is -1.76. The first-order chi connectivity index (χ1) is 12.1. The zero-order valence-corrected chi connectivity index (χ0v) is 17.0. The normalized spacial score (nSPS) is 15.4. The third-order valence-electron chi connectivity index (χ3n) is 5.53. The Morgan fingerprint density at radius 3 is 1.84 bits per heavy atom. The minimum Gasteiger partial charge on any atom is -0.388 e. The summed E-state index contributed by atoms with van der Waals surface area (Å²) in [7, 11) is 2.25. The second kappa shape index (κ2) is 6.04. The van der Waals surface area contributed by atoms with E-state index in [0.29, 0.717) is 5.92 Å². The lowest BCUT2D eigenvalue weighted by Gasteiger charge is -2.38. The molecule has 2 nitrogen and oxygen atoms in total. The van der Waals surface area contributed by atoms with Gasteiger partial charge in [0.2, 0.25) is 0 Å². The number of fused-ring (bicyclic) bond motifs is 2. The molecule has 0 amide bonds. The van der Waals surface area contributed by atoms with Gasteiger partial charge in [-0.1, -0.05) is 25.2 Å². The van der Waals surface area contributed by atoms with Crippen molar-refractivity contribution >= 4 is 41.2 Å². The molecule has 25 heavy (non-hydrogen) atoms. The molecule has 2 N–H and O–H groups in total. The van der Waals surface area contributed by atoms with Gasteiger partial charge in [-0.3, -0.25) is 0 Å². The van der Waals surface area contributed by atoms with Crippen LogP contribution in [-0.2, 0) is 0 Å². The Bertz CT molecular complexity index is 858. The van der Waals surface area contributed by atoms with Crippen molar-refractivity contribution in [2.75, 3.05) is 24.7 Å². The van der Waals surface area contributed by atoms with E-state index in [-0.39, 0.29) is 0 Å². The van der Waals surface area contributed by atoms with Crippen molar-refractivity contribution in [2.24, 2.45) is 0 Å². The lowest BCUT2D eigenvalue weighted by atomic mass is 9.85. The molecular weight excluding hydrogens is 340 g/mol. The van der Waals surface area contributed by atoms with Crippen LogP contribution in [0.3, 0.4) is 0 Å². The minimum absolute atomic E-state index is 0.341. The van der Waals surface area contributed by atoms with Gasteiger partial charge >= 0.3 is 0 Å². The lowest BCUT2D eigenvalue weighted by Crippen LogP contribution is -2.59. The molecule has 0 aliphatic carbocycles. The predicted octanol–water partition coefficient (Wildman–Crippen LogP) is 4.15. The smallest absolute Gasteiger partial charge is 0.113 e. The van der Waals surface area contributed by atoms with Crippen molar-refractivity contribution in [3.8, 4) is 0 Å². The van der Waals surface area contributed by atoms with Gasteiger partial charge in [-0.25, -0.2) is 0 Å². The van der Waals surface area contributed by atoms with E-state index in [2.05, 4.69) is 77.0 Å². The molecule has 2 heterocycles. The van der Waals surface area contributed by atoms with Gasteiger partial charge in [-0.05, 0) is 68.2 Å². The summed E-state index contributed by atoms with van der Waals surface area (Å²) >= 11 is 1.78. The summed E-state index contributed by atoms with van der Waals surface area (Å²) in [4.78, 5) is 0. The molecule has 0 spiro atoms. The maximum absolute atomic E-state index is 3.32. The van der Waals surface area contributed by atoms with Crippen LogP contribution in [0.25, 0.3) is 0 Å². The van der Waals surface area contributed by atoms with Gasteiger partial charge in [0.05, 0.1) is 0 Å². The Hall–Kier alpha value is -2.04. The first-order valence-electron chi connectivity index (χ1n) is 8.72. The summed E-state index contributed by atoms with van der Waals surface area (Å²) < 4.78 is 0. The molecule has 0 radical (unpaired) electrons. The van der Waals surface area contributed by atoms with E-state index < -0.39 is 8.07 Å². The quantitative estimate of drug-likeness (QED) is 0.682. The molecular formula is C21H24N2SSi. The number of rotatable bonds is 3. The Balaban J connectivity index is 2.03. The highest BCUT2D eigenvalue weighted by Crippen LogP contribution is 2.37. The molecule has 0 saturated carbocycles. The average molecular weight is 365 g/mol. The first kappa shape index (κ1) is 16.4. The van der Waals surface area contributed by atoms with Crippen LogP contribution in [0.1, 0.15) is 22.6 Å². The van der Waals surface area contributed by atoms with Crippen LogP contribution in [-0.4, -0.2) is 22.2 Å². The van der Waals surface area contributed by atoms with Gasteiger partial charge in [0.15, 0.2) is 0 Å². The van der Waals surface area contributed by atoms with E-state index >= 15 is 0 Å². The predicted molar refractivity (Wildman–Crippen MR) is 114 cm³/mol. The Labute approximate surface area is 154 Å². The summed E-state index contributed by atoms with van der Waals surface area (Å²) in [5, 5.41) is 14.2. The fourth-order valence-electron chi connectivity index (χ4n) is 4.12. The number of thiophene rings is 1. The van der Waals surface area contributed by atoms with E-state index in [0.717, 1.165) is 0 Å². The van der Waals surface area contributed by atoms with E-state index in [9.17, 15) is 0 Å². The van der Waals surface area contributed by atoms with Gasteiger partial charge in [0.25, 0.3) is 0 Å². The zero-order valence-electron chi connectivity index (χ0n) is 15.2. The highest BCUT2D eigenvalue weighted by atomic mass is 32.1. The number of nitrogens with one attached hydrogen (secondary N) is 2. The van der Waals surface area contributed by atoms with Gasteiger partial charge in [-0.2, -0.15) is 11.3 Å². The van der Waals surface area contributed by atoms with Crippen molar-refractivity contribution in [1.29, 1.82) is 0 Å². The van der Waals surface area contributed by atoms with Crippen molar-refractivity contribution < 1.29 is 0 Å². The van der Waals surface area contributed by atoms with E-state index in [1.807, 2.05) is 14.1 Å². The third-order valence-corrected chi connectivity index (χ3v) is 9.79. The van der Waals surface area contributed by atoms with Crippen LogP contribution in [0.5, 0.6) is 0 Å². The fourth-order valence-corrected chi connectivity index (χ4v) is 8.03. The summed E-state index contributed by atoms with van der Waals surface area (Å²) in [6.45, 7) is 4.96. The van der Waals surface area contributed by atoms with Crippen LogP contribution in [0.4, 0.5) is 11.4 Å². The second-order valence-electron chi connectivity index (χ2n) is 7.22. The first-order valence-corrected chi connectivity index (χ1v) is 12.7. The SMILES string of the molecule is CNc1ccc2c(c1)[Si](C)(C)c1cc(NC)ccc1C2c1ccsc1. The standard InChI is InChI=1S/C21H24N2SSi/c1-22-15-5-7-17-19(11-15)25(3,4)20-12-16(23-2)6-8-18(20)21(17)14-9-10-24-13-14/h5-13,21-23H,1-4H3. The molecule has 128 valence electrons. The van der Waals surface area contributed by atoms with E-state index in [1.54, 1.807) is 21.7 Å². The summed E-state index contributed by atoms with van der Waals surface area (Å²) in [5.41, 5.74) is 6.79. The van der Waals surface area contributed by atoms with Gasteiger partial charge in [0.1, 0.15) is 8.07 Å². The molecule has 0 fully saturated rings. The Morgan fingerprint density at radius 1 is 0.840 bits per heavy atom. The molecule has 1 aromatic heterocycles. The van der Waals surface area contributed by atoms with Crippen molar-refractivity contribution in [3.05, 3.63) is 69.9 Å². The Morgan fingerprint density at radius 2 is 1.40 bits per heavy atom. The van der Waals surface area contributed by atoms with Crippen molar-refractivity contribution in [2.45, 2.75) is 19.0 Å². The maximum Gasteiger partial charge on any atom is 0.113 e. The number of hydrogen-bond donors (Lipinski definition) is 2. The molecule has 4 rings (SSSR count). The molecule has 1 aliphatic heterocycles. The van der Waals surface area contributed by atoms with Crippen LogP contribution in [0.2, 0.25) is 13.1 Å². The van der Waals surface area contributed by atoms with Crippen LogP contribution in [0, 0.1) is 0 Å². The van der Waals surface area contributed by atoms with E-state index in [1.165, 1.54) is 28.1 Å².